The van der Waals surface area contributed by atoms with Crippen molar-refractivity contribution in [1.82, 2.24) is 19.2 Å². The first kappa shape index (κ1) is 29.8. The van der Waals surface area contributed by atoms with Crippen LogP contribution in [0.5, 0.6) is 0 Å². The average Bonchev–Trinajstić information content (AvgIpc) is 2.78. The number of amides is 4. The Balaban J connectivity index is 1.50. The summed E-state index contributed by atoms with van der Waals surface area (Å²) in [7, 11) is -7.87. The molecule has 1 saturated heterocycles. The van der Waals surface area contributed by atoms with E-state index in [1.54, 1.807) is 15.5 Å². The van der Waals surface area contributed by atoms with Crippen molar-refractivity contribution in [2.75, 3.05) is 50.1 Å². The Morgan fingerprint density at radius 2 is 1.46 bits per heavy atom. The molecule has 0 spiro atoms. The Labute approximate surface area is 228 Å². The second-order valence-corrected chi connectivity index (χ2v) is 13.9. The van der Waals surface area contributed by atoms with Gasteiger partial charge in [-0.25, -0.2) is 40.8 Å². The van der Waals surface area contributed by atoms with Crippen molar-refractivity contribution in [2.45, 2.75) is 38.1 Å². The summed E-state index contributed by atoms with van der Waals surface area (Å²) in [5.74, 6) is 0.384. The molecular formula is C22H33Cl2N5O6S2. The molecule has 0 unspecified atom stereocenters. The number of anilines is 1. The van der Waals surface area contributed by atoms with Crippen LogP contribution in [-0.4, -0.2) is 90.0 Å². The van der Waals surface area contributed by atoms with E-state index in [-0.39, 0.29) is 0 Å². The van der Waals surface area contributed by atoms with Crippen LogP contribution in [0.2, 0.25) is 10.0 Å². The smallest absolute Gasteiger partial charge is 0.339 e. The number of hydrogen-bond donors (Lipinski definition) is 2. The molecule has 0 atom stereocenters. The van der Waals surface area contributed by atoms with E-state index in [9.17, 15) is 26.4 Å². The van der Waals surface area contributed by atoms with E-state index in [0.717, 1.165) is 70.2 Å². The molecule has 11 nitrogen and oxygen atoms in total. The van der Waals surface area contributed by atoms with E-state index >= 15 is 0 Å². The summed E-state index contributed by atoms with van der Waals surface area (Å²) >= 11 is 12.5. The highest BCUT2D eigenvalue weighted by Crippen LogP contribution is 2.33. The third-order valence-corrected chi connectivity index (χ3v) is 8.56. The predicted molar refractivity (Wildman–Crippen MR) is 144 cm³/mol. The monoisotopic (exact) mass is 597 g/mol. The molecule has 1 aromatic carbocycles. The number of nitrogens with one attached hydrogen (secondary N) is 2. The van der Waals surface area contributed by atoms with E-state index in [1.807, 2.05) is 12.1 Å². The van der Waals surface area contributed by atoms with Crippen LogP contribution >= 0.6 is 23.2 Å². The molecule has 1 aliphatic carbocycles. The molecule has 1 aliphatic heterocycles. The second kappa shape index (κ2) is 12.4. The van der Waals surface area contributed by atoms with Crippen LogP contribution in [0.25, 0.3) is 0 Å². The lowest BCUT2D eigenvalue weighted by Crippen LogP contribution is -2.55. The molecule has 1 heterocycles. The third-order valence-electron chi connectivity index (χ3n) is 6.66. The number of halogens is 2. The molecule has 4 amide bonds. The molecule has 2 N–H and O–H groups in total. The fourth-order valence-corrected chi connectivity index (χ4v) is 6.09. The van der Waals surface area contributed by atoms with Crippen molar-refractivity contribution in [3.8, 4) is 0 Å². The van der Waals surface area contributed by atoms with Gasteiger partial charge in [-0.15, -0.1) is 0 Å². The number of rotatable bonds is 7. The molecular weight excluding hydrogens is 565 g/mol. The zero-order chi connectivity index (χ0) is 27.4. The normalized spacial score (nSPS) is 21.4. The van der Waals surface area contributed by atoms with Crippen LogP contribution < -0.4 is 14.3 Å². The van der Waals surface area contributed by atoms with Crippen molar-refractivity contribution in [2.24, 2.45) is 5.92 Å². The molecule has 1 aromatic rings. The standard InChI is InChI=1S/C22H33Cl2N5O6S2/c1-36(32,33)25-21(30)29(22(31)26-37(2,34)35)17-8-6-16(7-9-17)10-11-27-12-14-28(15-13-27)19-5-3-4-18(23)20(19)24/h3-5,16-17H,6-15H2,1-2H3,(H,25,30)(H,26,31). The summed E-state index contributed by atoms with van der Waals surface area (Å²) in [4.78, 5) is 30.3. The highest BCUT2D eigenvalue weighted by atomic mass is 35.5. The number of urea groups is 2. The number of carbonyl (C=O) groups is 2. The molecule has 2 aliphatic rings. The van der Waals surface area contributed by atoms with Gasteiger partial charge in [0, 0.05) is 32.2 Å². The van der Waals surface area contributed by atoms with Gasteiger partial charge < -0.3 is 4.90 Å². The van der Waals surface area contributed by atoms with Gasteiger partial charge in [0.2, 0.25) is 20.0 Å². The van der Waals surface area contributed by atoms with E-state index in [0.29, 0.717) is 33.7 Å². The van der Waals surface area contributed by atoms with E-state index in [4.69, 9.17) is 23.2 Å². The lowest BCUT2D eigenvalue weighted by atomic mass is 9.83. The second-order valence-electron chi connectivity index (χ2n) is 9.59. The number of carbonyl (C=O) groups excluding carboxylic acids is 2. The van der Waals surface area contributed by atoms with Crippen molar-refractivity contribution in [1.29, 1.82) is 0 Å². The van der Waals surface area contributed by atoms with E-state index < -0.39 is 38.2 Å². The Kier molecular flexibility index (Phi) is 9.95. The molecule has 0 radical (unpaired) electrons. The van der Waals surface area contributed by atoms with Crippen molar-refractivity contribution in [3.63, 3.8) is 0 Å². The summed E-state index contributed by atoms with van der Waals surface area (Å²) in [6.07, 6.45) is 4.92. The van der Waals surface area contributed by atoms with Gasteiger partial charge in [-0.1, -0.05) is 29.3 Å². The minimum atomic E-state index is -3.94. The Morgan fingerprint density at radius 1 is 0.919 bits per heavy atom. The fraction of sp³-hybridized carbons (Fsp3) is 0.636. The van der Waals surface area contributed by atoms with Gasteiger partial charge >= 0.3 is 12.1 Å². The van der Waals surface area contributed by atoms with Crippen LogP contribution in [0.4, 0.5) is 15.3 Å². The molecule has 0 bridgehead atoms. The predicted octanol–water partition coefficient (Wildman–Crippen LogP) is 2.70. The third kappa shape index (κ3) is 8.88. The first-order valence-corrected chi connectivity index (χ1v) is 16.5. The summed E-state index contributed by atoms with van der Waals surface area (Å²) in [5, 5.41) is 1.11. The summed E-state index contributed by atoms with van der Waals surface area (Å²) in [6.45, 7) is 4.38. The Bertz CT molecular complexity index is 1150. The molecule has 0 aromatic heterocycles. The SMILES string of the molecule is CS(=O)(=O)NC(=O)N(C(=O)NS(C)(=O)=O)C1CCC(CCN2CCN(c3cccc(Cl)c3Cl)CC2)CC1. The maximum atomic E-state index is 12.5. The van der Waals surface area contributed by atoms with Crippen molar-refractivity contribution >= 4 is 61.0 Å². The minimum absolute atomic E-state index is 0.384. The van der Waals surface area contributed by atoms with Crippen LogP contribution in [0, 0.1) is 5.92 Å². The van der Waals surface area contributed by atoms with E-state index in [1.165, 1.54) is 0 Å². The zero-order valence-corrected chi connectivity index (χ0v) is 24.0. The number of benzene rings is 1. The topological polar surface area (TPSA) is 136 Å². The lowest BCUT2D eigenvalue weighted by molar-refractivity contribution is 0.147. The van der Waals surface area contributed by atoms with Gasteiger partial charge in [-0.2, -0.15) is 0 Å². The van der Waals surface area contributed by atoms with E-state index in [2.05, 4.69) is 9.80 Å². The molecule has 2 fully saturated rings. The molecule has 1 saturated carbocycles. The summed E-state index contributed by atoms with van der Waals surface area (Å²) in [6, 6.07) is 2.70. The number of sulfonamides is 2. The van der Waals surface area contributed by atoms with Crippen LogP contribution in [0.1, 0.15) is 32.1 Å². The lowest BCUT2D eigenvalue weighted by Gasteiger charge is -2.38. The Morgan fingerprint density at radius 3 is 1.97 bits per heavy atom. The first-order valence-electron chi connectivity index (χ1n) is 12.0. The number of nitrogens with zero attached hydrogens (tertiary/aromatic N) is 3. The maximum absolute atomic E-state index is 12.5. The number of hydrogen-bond acceptors (Lipinski definition) is 8. The Hall–Kier alpha value is -1.80. The summed E-state index contributed by atoms with van der Waals surface area (Å²) in [5.41, 5.74) is 0.941. The van der Waals surface area contributed by atoms with Crippen molar-refractivity contribution in [3.05, 3.63) is 28.2 Å². The number of piperazine rings is 1. The highest BCUT2D eigenvalue weighted by molar-refractivity contribution is 7.89. The first-order chi connectivity index (χ1) is 17.2. The largest absolute Gasteiger partial charge is 0.368 e. The van der Waals surface area contributed by atoms with Gasteiger partial charge in [0.15, 0.2) is 0 Å². The minimum Gasteiger partial charge on any atom is -0.368 e. The van der Waals surface area contributed by atoms with Gasteiger partial charge in [0.05, 0.1) is 28.2 Å². The van der Waals surface area contributed by atoms with Gasteiger partial charge in [0.25, 0.3) is 0 Å². The number of imide groups is 1. The zero-order valence-electron chi connectivity index (χ0n) is 20.8. The average molecular weight is 599 g/mol. The van der Waals surface area contributed by atoms with Gasteiger partial charge in [-0.05, 0) is 56.7 Å². The van der Waals surface area contributed by atoms with Crippen LogP contribution in [-0.2, 0) is 20.0 Å². The van der Waals surface area contributed by atoms with Gasteiger partial charge in [-0.3, -0.25) is 4.90 Å². The van der Waals surface area contributed by atoms with Crippen LogP contribution in [0.15, 0.2) is 18.2 Å². The quantitative estimate of drug-likeness (QED) is 0.489. The highest BCUT2D eigenvalue weighted by Gasteiger charge is 2.35. The van der Waals surface area contributed by atoms with Crippen LogP contribution in [0.3, 0.4) is 0 Å². The molecule has 3 rings (SSSR count). The fourth-order valence-electron chi connectivity index (χ4n) is 4.85. The maximum Gasteiger partial charge on any atom is 0.339 e. The summed E-state index contributed by atoms with van der Waals surface area (Å²) < 4.78 is 49.6. The molecule has 15 heteroatoms. The van der Waals surface area contributed by atoms with Gasteiger partial charge in [0.1, 0.15) is 0 Å². The van der Waals surface area contributed by atoms with Crippen molar-refractivity contribution < 1.29 is 26.4 Å². The molecule has 37 heavy (non-hydrogen) atoms. The molecule has 208 valence electrons.